The fraction of sp³-hybridized carbons (Fsp3) is 0.120. The van der Waals surface area contributed by atoms with Crippen LogP contribution in [0.2, 0.25) is 0 Å². The molecule has 0 saturated heterocycles. The van der Waals surface area contributed by atoms with Gasteiger partial charge in [-0.05, 0) is 23.3 Å². The summed E-state index contributed by atoms with van der Waals surface area (Å²) < 4.78 is 6.61. The van der Waals surface area contributed by atoms with Gasteiger partial charge in [-0.25, -0.2) is 9.50 Å². The summed E-state index contributed by atoms with van der Waals surface area (Å²) >= 11 is 0. The molecule has 1 aliphatic heterocycles. The lowest BCUT2D eigenvalue weighted by molar-refractivity contribution is -0.120. The summed E-state index contributed by atoms with van der Waals surface area (Å²) in [7, 11) is 0. The van der Waals surface area contributed by atoms with Gasteiger partial charge in [0, 0.05) is 18.7 Å². The average molecular weight is 499 g/mol. The van der Waals surface area contributed by atoms with Crippen molar-refractivity contribution in [1.29, 1.82) is 0 Å². The van der Waals surface area contributed by atoms with Gasteiger partial charge in [-0.1, -0.05) is 36.4 Å². The summed E-state index contributed by atoms with van der Waals surface area (Å²) in [6.07, 6.45) is 1.44. The van der Waals surface area contributed by atoms with Crippen molar-refractivity contribution in [3.63, 3.8) is 0 Å². The van der Waals surface area contributed by atoms with Crippen LogP contribution in [0.25, 0.3) is 5.65 Å². The maximum atomic E-state index is 13.2. The van der Waals surface area contributed by atoms with E-state index < -0.39 is 23.8 Å². The lowest BCUT2D eigenvalue weighted by Crippen LogP contribution is -2.38. The van der Waals surface area contributed by atoms with E-state index in [2.05, 4.69) is 26.0 Å². The van der Waals surface area contributed by atoms with E-state index in [1.807, 2.05) is 0 Å². The summed E-state index contributed by atoms with van der Waals surface area (Å²) in [6.45, 7) is 0.0840. The van der Waals surface area contributed by atoms with Crippen LogP contribution in [0.4, 0.5) is 5.69 Å². The molecule has 0 bridgehead atoms. The van der Waals surface area contributed by atoms with E-state index in [1.54, 1.807) is 54.6 Å². The van der Waals surface area contributed by atoms with Crippen LogP contribution in [0.3, 0.4) is 0 Å². The highest BCUT2D eigenvalue weighted by molar-refractivity contribution is 6.00. The zero-order valence-electron chi connectivity index (χ0n) is 19.3. The zero-order chi connectivity index (χ0) is 25.9. The van der Waals surface area contributed by atoms with Gasteiger partial charge < -0.3 is 26.4 Å². The molecule has 12 nitrogen and oxygen atoms in total. The predicted molar refractivity (Wildman–Crippen MR) is 131 cm³/mol. The smallest absolute Gasteiger partial charge is 0.271 e. The van der Waals surface area contributed by atoms with Gasteiger partial charge in [-0.3, -0.25) is 19.2 Å². The Morgan fingerprint density at radius 1 is 1.08 bits per heavy atom. The van der Waals surface area contributed by atoms with Gasteiger partial charge in [0.05, 0.1) is 11.9 Å². The normalized spacial score (nSPS) is 13.1. The molecule has 0 aliphatic carbocycles. The molecule has 3 heterocycles. The van der Waals surface area contributed by atoms with E-state index in [-0.39, 0.29) is 36.1 Å². The molecule has 0 radical (unpaired) electrons. The number of nitrogens with zero attached hydrogens (tertiary/aromatic N) is 3. The molecular formula is C25H21N7O5. The molecule has 0 fully saturated rings. The molecular weight excluding hydrogens is 478 g/mol. The molecule has 5 rings (SSSR count). The van der Waals surface area contributed by atoms with Crippen molar-refractivity contribution < 1.29 is 23.9 Å². The van der Waals surface area contributed by atoms with E-state index in [0.29, 0.717) is 22.6 Å². The van der Waals surface area contributed by atoms with E-state index in [1.165, 1.54) is 16.8 Å². The monoisotopic (exact) mass is 499 g/mol. The summed E-state index contributed by atoms with van der Waals surface area (Å²) in [5.74, 6) is -1.66. The highest BCUT2D eigenvalue weighted by atomic mass is 16.5. The number of hydrogen-bond donors (Lipinski definition) is 4. The maximum absolute atomic E-state index is 13.2. The molecule has 0 spiro atoms. The maximum Gasteiger partial charge on any atom is 0.271 e. The number of nitrogens with two attached hydrogens (primary N) is 1. The molecule has 1 aliphatic rings. The Bertz CT molecular complexity index is 1530. The molecule has 37 heavy (non-hydrogen) atoms. The van der Waals surface area contributed by atoms with Crippen LogP contribution in [0.15, 0.2) is 66.9 Å². The van der Waals surface area contributed by atoms with Crippen LogP contribution < -0.4 is 26.4 Å². The highest BCUT2D eigenvalue weighted by Crippen LogP contribution is 2.28. The van der Waals surface area contributed by atoms with E-state index in [0.717, 1.165) is 0 Å². The summed E-state index contributed by atoms with van der Waals surface area (Å²) in [5, 5.41) is 12.2. The number of hydrogen-bond acceptors (Lipinski definition) is 7. The zero-order valence-corrected chi connectivity index (χ0v) is 19.3. The van der Waals surface area contributed by atoms with Crippen LogP contribution in [0, 0.1) is 0 Å². The second-order valence-electron chi connectivity index (χ2n) is 8.20. The van der Waals surface area contributed by atoms with Gasteiger partial charge in [0.2, 0.25) is 5.91 Å². The first-order chi connectivity index (χ1) is 17.9. The molecule has 12 heteroatoms. The molecule has 2 aromatic carbocycles. The largest absolute Gasteiger partial charge is 0.482 e. The number of benzene rings is 2. The molecule has 186 valence electrons. The number of carbonyl (C=O) groups excluding carboxylic acids is 4. The molecule has 4 aromatic rings. The van der Waals surface area contributed by atoms with Crippen molar-refractivity contribution in [3.8, 4) is 5.75 Å². The van der Waals surface area contributed by atoms with E-state index >= 15 is 0 Å². The summed E-state index contributed by atoms with van der Waals surface area (Å²) in [4.78, 5) is 54.0. The third-order valence-corrected chi connectivity index (χ3v) is 5.65. The second kappa shape index (κ2) is 9.77. The van der Waals surface area contributed by atoms with Gasteiger partial charge in [0.15, 0.2) is 12.3 Å². The fourth-order valence-electron chi connectivity index (χ4n) is 3.87. The van der Waals surface area contributed by atoms with Gasteiger partial charge in [0.1, 0.15) is 23.2 Å². The van der Waals surface area contributed by atoms with Crippen LogP contribution in [-0.4, -0.2) is 44.8 Å². The lowest BCUT2D eigenvalue weighted by atomic mass is 10.1. The number of carbonyl (C=O) groups is 4. The van der Waals surface area contributed by atoms with Crippen molar-refractivity contribution in [2.75, 3.05) is 11.9 Å². The fourth-order valence-corrected chi connectivity index (χ4v) is 3.87. The molecule has 2 aromatic heterocycles. The van der Waals surface area contributed by atoms with Crippen molar-refractivity contribution in [2.24, 2.45) is 5.73 Å². The molecule has 4 amide bonds. The van der Waals surface area contributed by atoms with E-state index in [9.17, 15) is 19.2 Å². The summed E-state index contributed by atoms with van der Waals surface area (Å²) in [6, 6.07) is 15.5. The average Bonchev–Trinajstić information content (AvgIpc) is 3.38. The first kappa shape index (κ1) is 23.5. The minimum Gasteiger partial charge on any atom is -0.482 e. The Kier molecular flexibility index (Phi) is 6.20. The lowest BCUT2D eigenvalue weighted by Gasteiger charge is -2.18. The molecule has 1 atom stereocenters. The van der Waals surface area contributed by atoms with Gasteiger partial charge in [0.25, 0.3) is 17.7 Å². The van der Waals surface area contributed by atoms with Gasteiger partial charge >= 0.3 is 0 Å². The summed E-state index contributed by atoms with van der Waals surface area (Å²) in [5.41, 5.74) is 7.51. The third kappa shape index (κ3) is 4.93. The molecule has 0 saturated carbocycles. The number of ether oxygens (including phenoxy) is 1. The Morgan fingerprint density at radius 3 is 2.68 bits per heavy atom. The number of rotatable bonds is 7. The number of primary amides is 1. The third-order valence-electron chi connectivity index (χ3n) is 5.65. The quantitative estimate of drug-likeness (QED) is 0.293. The van der Waals surface area contributed by atoms with Crippen molar-refractivity contribution in [1.82, 2.24) is 25.2 Å². The first-order valence-electron chi connectivity index (χ1n) is 11.2. The van der Waals surface area contributed by atoms with E-state index in [4.69, 9.17) is 10.5 Å². The minimum absolute atomic E-state index is 0.00373. The Morgan fingerprint density at radius 2 is 1.89 bits per heavy atom. The predicted octanol–water partition coefficient (Wildman–Crippen LogP) is 0.947. The van der Waals surface area contributed by atoms with Crippen LogP contribution in [0.1, 0.15) is 38.1 Å². The SMILES string of the molecule is NC(=O)[C@H](NC(=O)c1cc(C(=O)NCc2ccc3c(c2)NC(=O)CO3)nc2ccnn12)c1ccccc1. The number of fused-ring (bicyclic) bond motifs is 2. The van der Waals surface area contributed by atoms with Crippen molar-refractivity contribution >= 4 is 35.0 Å². The topological polar surface area (TPSA) is 170 Å². The Labute approximate surface area is 209 Å². The number of amides is 4. The van der Waals surface area contributed by atoms with Crippen LogP contribution >= 0.6 is 0 Å². The number of nitrogens with one attached hydrogen (secondary N) is 3. The number of anilines is 1. The number of aromatic nitrogens is 3. The minimum atomic E-state index is -1.08. The molecule has 0 unspecified atom stereocenters. The van der Waals surface area contributed by atoms with Gasteiger partial charge in [-0.15, -0.1) is 0 Å². The highest BCUT2D eigenvalue weighted by Gasteiger charge is 2.24. The van der Waals surface area contributed by atoms with Crippen molar-refractivity contribution in [3.05, 3.63) is 89.4 Å². The van der Waals surface area contributed by atoms with Crippen molar-refractivity contribution in [2.45, 2.75) is 12.6 Å². The molecule has 5 N–H and O–H groups in total. The van der Waals surface area contributed by atoms with Crippen LogP contribution in [-0.2, 0) is 16.1 Å². The second-order valence-corrected chi connectivity index (χ2v) is 8.20. The first-order valence-corrected chi connectivity index (χ1v) is 11.2. The Balaban J connectivity index is 1.36. The standard InChI is InChI=1S/C25H21N7O5/c26-23(34)22(15-4-2-1-3-5-15)31-25(36)18-11-17(29-20-8-9-28-32(18)20)24(35)27-12-14-6-7-19-16(10-14)30-21(33)13-37-19/h1-11,22H,12-13H2,(H2,26,34)(H,27,35)(H,30,33)(H,31,36)/t22-/m1/s1. The Hall–Kier alpha value is -5.26. The van der Waals surface area contributed by atoms with Crippen LogP contribution in [0.5, 0.6) is 5.75 Å². The van der Waals surface area contributed by atoms with Gasteiger partial charge in [-0.2, -0.15) is 5.10 Å².